The van der Waals surface area contributed by atoms with E-state index in [0.717, 1.165) is 25.9 Å². The van der Waals surface area contributed by atoms with Gasteiger partial charge in [0.1, 0.15) is 0 Å². The summed E-state index contributed by atoms with van der Waals surface area (Å²) in [5.74, 6) is -1.12. The molecule has 1 saturated heterocycles. The first-order chi connectivity index (χ1) is 6.70. The third-order valence-corrected chi connectivity index (χ3v) is 2.66. The average Bonchev–Trinajstić information content (AvgIpc) is 2.08. The molecule has 4 nitrogen and oxygen atoms in total. The molecule has 0 aromatic carbocycles. The Morgan fingerprint density at radius 2 is 1.64 bits per heavy atom. The number of aliphatic carboxylic acids is 1. The van der Waals surface area contributed by atoms with Gasteiger partial charge in [-0.3, -0.25) is 0 Å². The molecule has 0 bridgehead atoms. The quantitative estimate of drug-likeness (QED) is 0.705. The van der Waals surface area contributed by atoms with Crippen LogP contribution in [0.15, 0.2) is 0 Å². The summed E-state index contributed by atoms with van der Waals surface area (Å²) in [5, 5.41) is 17.8. The smallest absolute Gasteiger partial charge is 0.333 e. The van der Waals surface area contributed by atoms with E-state index in [9.17, 15) is 9.90 Å². The standard InChI is InChI=1S/C10H19NO3/c12-9(10(13)14)8-11-6-4-2-1-3-5-7-11/h9,12H,1-8H2,(H,13,14). The second-order valence-corrected chi connectivity index (χ2v) is 3.92. The largest absolute Gasteiger partial charge is 0.479 e. The Morgan fingerprint density at radius 1 is 1.14 bits per heavy atom. The molecule has 1 atom stereocenters. The van der Waals surface area contributed by atoms with Crippen LogP contribution in [0.3, 0.4) is 0 Å². The van der Waals surface area contributed by atoms with Gasteiger partial charge in [-0.2, -0.15) is 0 Å². The molecule has 1 rings (SSSR count). The van der Waals surface area contributed by atoms with Crippen LogP contribution in [0.5, 0.6) is 0 Å². The lowest BCUT2D eigenvalue weighted by atomic mass is 10.1. The van der Waals surface area contributed by atoms with E-state index < -0.39 is 12.1 Å². The zero-order valence-electron chi connectivity index (χ0n) is 8.48. The maximum absolute atomic E-state index is 10.5. The number of rotatable bonds is 3. The molecule has 1 heterocycles. The Balaban J connectivity index is 2.29. The number of carbonyl (C=O) groups is 1. The van der Waals surface area contributed by atoms with E-state index in [1.54, 1.807) is 0 Å². The van der Waals surface area contributed by atoms with Gasteiger partial charge in [0.25, 0.3) is 0 Å². The second kappa shape index (κ2) is 5.98. The van der Waals surface area contributed by atoms with Gasteiger partial charge in [0.15, 0.2) is 6.10 Å². The van der Waals surface area contributed by atoms with Crippen molar-refractivity contribution in [3.8, 4) is 0 Å². The van der Waals surface area contributed by atoms with E-state index >= 15 is 0 Å². The van der Waals surface area contributed by atoms with E-state index in [-0.39, 0.29) is 6.54 Å². The summed E-state index contributed by atoms with van der Waals surface area (Å²) in [6, 6.07) is 0. The van der Waals surface area contributed by atoms with Crippen LogP contribution >= 0.6 is 0 Å². The summed E-state index contributed by atoms with van der Waals surface area (Å²) in [7, 11) is 0. The van der Waals surface area contributed by atoms with Gasteiger partial charge in [0.05, 0.1) is 0 Å². The first-order valence-corrected chi connectivity index (χ1v) is 5.33. The van der Waals surface area contributed by atoms with Crippen LogP contribution in [-0.4, -0.2) is 46.8 Å². The summed E-state index contributed by atoms with van der Waals surface area (Å²) in [5.41, 5.74) is 0. The van der Waals surface area contributed by atoms with Crippen molar-refractivity contribution in [1.29, 1.82) is 0 Å². The molecule has 2 N–H and O–H groups in total. The van der Waals surface area contributed by atoms with Crippen LogP contribution in [0.2, 0.25) is 0 Å². The highest BCUT2D eigenvalue weighted by Gasteiger charge is 2.17. The third-order valence-electron chi connectivity index (χ3n) is 2.66. The van der Waals surface area contributed by atoms with Gasteiger partial charge in [0, 0.05) is 6.54 Å². The van der Waals surface area contributed by atoms with Crippen molar-refractivity contribution in [2.45, 2.75) is 38.2 Å². The Labute approximate surface area is 84.5 Å². The summed E-state index contributed by atoms with van der Waals surface area (Å²) >= 11 is 0. The fraction of sp³-hybridized carbons (Fsp3) is 0.900. The van der Waals surface area contributed by atoms with Gasteiger partial charge >= 0.3 is 5.97 Å². The lowest BCUT2D eigenvalue weighted by molar-refractivity contribution is -0.147. The summed E-state index contributed by atoms with van der Waals surface area (Å²) in [4.78, 5) is 12.5. The molecule has 14 heavy (non-hydrogen) atoms. The lowest BCUT2D eigenvalue weighted by Crippen LogP contribution is -2.38. The summed E-state index contributed by atoms with van der Waals surface area (Å²) in [6.07, 6.45) is 4.74. The van der Waals surface area contributed by atoms with Crippen molar-refractivity contribution < 1.29 is 15.0 Å². The van der Waals surface area contributed by atoms with Crippen molar-refractivity contribution in [1.82, 2.24) is 4.90 Å². The fourth-order valence-electron chi connectivity index (χ4n) is 1.82. The summed E-state index contributed by atoms with van der Waals surface area (Å²) in [6.45, 7) is 2.12. The highest BCUT2D eigenvalue weighted by molar-refractivity contribution is 5.72. The minimum atomic E-state index is -1.23. The number of hydrogen-bond acceptors (Lipinski definition) is 3. The number of hydrogen-bond donors (Lipinski definition) is 2. The minimum Gasteiger partial charge on any atom is -0.479 e. The SMILES string of the molecule is O=C(O)C(O)CN1CCCCCCC1. The molecule has 82 valence electrons. The average molecular weight is 201 g/mol. The maximum atomic E-state index is 10.5. The van der Waals surface area contributed by atoms with Crippen LogP contribution in [0.1, 0.15) is 32.1 Å². The van der Waals surface area contributed by atoms with Crippen molar-refractivity contribution in [2.75, 3.05) is 19.6 Å². The number of aliphatic hydroxyl groups excluding tert-OH is 1. The number of β-amino-alcohol motifs (C(OH)–C–C–N with tert-alkyl or cyclic N) is 1. The van der Waals surface area contributed by atoms with Gasteiger partial charge < -0.3 is 15.1 Å². The molecule has 0 aliphatic carbocycles. The Kier molecular flexibility index (Phi) is 4.90. The molecule has 1 unspecified atom stereocenters. The molecular formula is C10H19NO3. The first-order valence-electron chi connectivity index (χ1n) is 5.33. The number of nitrogens with zero attached hydrogens (tertiary/aromatic N) is 1. The van der Waals surface area contributed by atoms with Crippen LogP contribution in [-0.2, 0) is 4.79 Å². The molecule has 1 aliphatic heterocycles. The number of likely N-dealkylation sites (tertiary alicyclic amines) is 1. The van der Waals surface area contributed by atoms with E-state index in [4.69, 9.17) is 5.11 Å². The van der Waals surface area contributed by atoms with Crippen molar-refractivity contribution in [3.05, 3.63) is 0 Å². The molecule has 0 aromatic heterocycles. The van der Waals surface area contributed by atoms with Crippen LogP contribution in [0.25, 0.3) is 0 Å². The summed E-state index contributed by atoms with van der Waals surface area (Å²) < 4.78 is 0. The Hall–Kier alpha value is -0.610. The second-order valence-electron chi connectivity index (χ2n) is 3.92. The highest BCUT2D eigenvalue weighted by atomic mass is 16.4. The number of carboxylic acids is 1. The number of aliphatic hydroxyl groups is 1. The minimum absolute atomic E-state index is 0.273. The van der Waals surface area contributed by atoms with Gasteiger partial charge in [-0.1, -0.05) is 19.3 Å². The topological polar surface area (TPSA) is 60.8 Å². The normalized spacial score (nSPS) is 22.4. The highest BCUT2D eigenvalue weighted by Crippen LogP contribution is 2.10. The Morgan fingerprint density at radius 3 is 2.14 bits per heavy atom. The molecule has 1 aliphatic rings. The van der Waals surface area contributed by atoms with Gasteiger partial charge in [-0.05, 0) is 25.9 Å². The van der Waals surface area contributed by atoms with Crippen molar-refractivity contribution in [2.24, 2.45) is 0 Å². The maximum Gasteiger partial charge on any atom is 0.333 e. The monoisotopic (exact) mass is 201 g/mol. The van der Waals surface area contributed by atoms with Crippen LogP contribution in [0, 0.1) is 0 Å². The zero-order valence-corrected chi connectivity index (χ0v) is 8.48. The fourth-order valence-corrected chi connectivity index (χ4v) is 1.82. The van der Waals surface area contributed by atoms with Gasteiger partial charge in [-0.15, -0.1) is 0 Å². The predicted molar refractivity (Wildman–Crippen MR) is 53.2 cm³/mol. The zero-order chi connectivity index (χ0) is 10.4. The predicted octanol–water partition coefficient (Wildman–Crippen LogP) is 0.698. The van der Waals surface area contributed by atoms with E-state index in [1.807, 2.05) is 0 Å². The molecule has 0 aromatic rings. The number of carboxylic acid groups (broad SMARTS) is 1. The van der Waals surface area contributed by atoms with Crippen molar-refractivity contribution in [3.63, 3.8) is 0 Å². The van der Waals surface area contributed by atoms with Crippen LogP contribution < -0.4 is 0 Å². The molecule has 1 fully saturated rings. The molecule has 0 amide bonds. The third kappa shape index (κ3) is 4.07. The molecule has 4 heteroatoms. The van der Waals surface area contributed by atoms with Crippen molar-refractivity contribution >= 4 is 5.97 Å². The van der Waals surface area contributed by atoms with E-state index in [0.29, 0.717) is 0 Å². The first kappa shape index (κ1) is 11.5. The lowest BCUT2D eigenvalue weighted by Gasteiger charge is -2.25. The van der Waals surface area contributed by atoms with Gasteiger partial charge in [-0.25, -0.2) is 4.79 Å². The molecular weight excluding hydrogens is 182 g/mol. The van der Waals surface area contributed by atoms with Crippen LogP contribution in [0.4, 0.5) is 0 Å². The molecule has 0 spiro atoms. The van der Waals surface area contributed by atoms with E-state index in [2.05, 4.69) is 4.90 Å². The Bertz CT molecular complexity index is 176. The van der Waals surface area contributed by atoms with E-state index in [1.165, 1.54) is 19.3 Å². The molecule has 0 saturated carbocycles. The van der Waals surface area contributed by atoms with Gasteiger partial charge in [0.2, 0.25) is 0 Å². The molecule has 0 radical (unpaired) electrons.